The number of benzene rings is 1. The molecule has 1 aromatic rings. The largest absolute Gasteiger partial charge is 0.494 e. The predicted octanol–water partition coefficient (Wildman–Crippen LogP) is 1.59. The van der Waals surface area contributed by atoms with Gasteiger partial charge in [-0.1, -0.05) is 0 Å². The Balaban J connectivity index is 2.06. The first-order valence-corrected chi connectivity index (χ1v) is 7.07. The van der Waals surface area contributed by atoms with E-state index in [0.29, 0.717) is 17.1 Å². The highest BCUT2D eigenvalue weighted by Crippen LogP contribution is 2.28. The molecule has 1 aromatic carbocycles. The van der Waals surface area contributed by atoms with Gasteiger partial charge in [-0.2, -0.15) is 0 Å². The monoisotopic (exact) mass is 291 g/mol. The van der Waals surface area contributed by atoms with E-state index in [0.717, 1.165) is 25.9 Å². The summed E-state index contributed by atoms with van der Waals surface area (Å²) < 4.78 is 5.24. The van der Waals surface area contributed by atoms with Gasteiger partial charge in [-0.3, -0.25) is 9.59 Å². The highest BCUT2D eigenvalue weighted by molar-refractivity contribution is 5.94. The van der Waals surface area contributed by atoms with Crippen LogP contribution in [0, 0.1) is 5.92 Å². The first-order valence-electron chi connectivity index (χ1n) is 7.07. The van der Waals surface area contributed by atoms with Gasteiger partial charge in [0.1, 0.15) is 5.75 Å². The summed E-state index contributed by atoms with van der Waals surface area (Å²) in [5.74, 6) is 0.436. The minimum absolute atomic E-state index is 0.0332. The van der Waals surface area contributed by atoms with Crippen LogP contribution in [0.5, 0.6) is 5.75 Å². The molecule has 114 valence electrons. The van der Waals surface area contributed by atoms with Gasteiger partial charge in [0.15, 0.2) is 0 Å². The molecule has 3 N–H and O–H groups in total. The molecule has 0 spiro atoms. The third-order valence-electron chi connectivity index (χ3n) is 3.49. The van der Waals surface area contributed by atoms with Gasteiger partial charge in [0.05, 0.1) is 12.8 Å². The molecule has 1 fully saturated rings. The molecule has 0 atom stereocenters. The summed E-state index contributed by atoms with van der Waals surface area (Å²) in [6.45, 7) is 3.19. The first kappa shape index (κ1) is 15.3. The molecule has 0 unspecified atom stereocenters. The molecule has 6 nitrogen and oxygen atoms in total. The van der Waals surface area contributed by atoms with Crippen LogP contribution in [-0.2, 0) is 9.59 Å². The fraction of sp³-hybridized carbons (Fsp3) is 0.467. The number of anilines is 2. The Kier molecular flexibility index (Phi) is 5.16. The zero-order valence-electron chi connectivity index (χ0n) is 12.4. The third kappa shape index (κ3) is 4.19. The van der Waals surface area contributed by atoms with Gasteiger partial charge in [-0.15, -0.1) is 0 Å². The second kappa shape index (κ2) is 7.08. The number of rotatable bonds is 4. The van der Waals surface area contributed by atoms with Crippen LogP contribution in [0.2, 0.25) is 0 Å². The molecule has 21 heavy (non-hydrogen) atoms. The van der Waals surface area contributed by atoms with Crippen LogP contribution in [0.4, 0.5) is 11.4 Å². The normalized spacial score (nSPS) is 15.3. The minimum atomic E-state index is -0.167. The standard InChI is InChI=1S/C15H21N3O3/c1-10(19)17-13-4-3-12(9-14(13)21-2)18-15(20)11-5-7-16-8-6-11/h3-4,9,11,16H,5-8H2,1-2H3,(H,17,19)(H,18,20). The van der Waals surface area contributed by atoms with Gasteiger partial charge in [0.2, 0.25) is 11.8 Å². The van der Waals surface area contributed by atoms with Crippen LogP contribution >= 0.6 is 0 Å². The summed E-state index contributed by atoms with van der Waals surface area (Å²) in [6.07, 6.45) is 1.71. The van der Waals surface area contributed by atoms with Gasteiger partial charge in [0.25, 0.3) is 0 Å². The number of methoxy groups -OCH3 is 1. The lowest BCUT2D eigenvalue weighted by molar-refractivity contribution is -0.120. The lowest BCUT2D eigenvalue weighted by Gasteiger charge is -2.22. The zero-order chi connectivity index (χ0) is 15.2. The summed E-state index contributed by atoms with van der Waals surface area (Å²) in [7, 11) is 1.53. The highest BCUT2D eigenvalue weighted by Gasteiger charge is 2.21. The van der Waals surface area contributed by atoms with E-state index in [4.69, 9.17) is 4.74 Å². The molecule has 2 rings (SSSR count). The molecular formula is C15H21N3O3. The Morgan fingerprint density at radius 1 is 1.24 bits per heavy atom. The molecule has 1 saturated heterocycles. The maximum absolute atomic E-state index is 12.2. The van der Waals surface area contributed by atoms with Crippen LogP contribution in [0.15, 0.2) is 18.2 Å². The molecule has 2 amide bonds. The van der Waals surface area contributed by atoms with E-state index < -0.39 is 0 Å². The van der Waals surface area contributed by atoms with Crippen molar-refractivity contribution in [3.8, 4) is 5.75 Å². The minimum Gasteiger partial charge on any atom is -0.494 e. The number of carbonyl (C=O) groups excluding carboxylic acids is 2. The number of carbonyl (C=O) groups is 2. The van der Waals surface area contributed by atoms with Crippen molar-refractivity contribution in [1.29, 1.82) is 0 Å². The van der Waals surface area contributed by atoms with Crippen molar-refractivity contribution >= 4 is 23.2 Å². The van der Waals surface area contributed by atoms with E-state index in [1.807, 2.05) is 0 Å². The molecule has 0 aromatic heterocycles. The second-order valence-electron chi connectivity index (χ2n) is 5.11. The van der Waals surface area contributed by atoms with Crippen molar-refractivity contribution in [3.63, 3.8) is 0 Å². The molecule has 6 heteroatoms. The van der Waals surface area contributed by atoms with Gasteiger partial charge < -0.3 is 20.7 Å². The maximum atomic E-state index is 12.2. The van der Waals surface area contributed by atoms with E-state index in [2.05, 4.69) is 16.0 Å². The van der Waals surface area contributed by atoms with Crippen molar-refractivity contribution < 1.29 is 14.3 Å². The Bertz CT molecular complexity index is 525. The van der Waals surface area contributed by atoms with Gasteiger partial charge in [-0.05, 0) is 38.1 Å². The van der Waals surface area contributed by atoms with Crippen LogP contribution in [0.25, 0.3) is 0 Å². The summed E-state index contributed by atoms with van der Waals surface area (Å²) >= 11 is 0. The number of hydrogen-bond donors (Lipinski definition) is 3. The highest BCUT2D eigenvalue weighted by atomic mass is 16.5. The average Bonchev–Trinajstić information content (AvgIpc) is 2.49. The number of nitrogens with one attached hydrogen (secondary N) is 3. The summed E-state index contributed by atoms with van der Waals surface area (Å²) in [5, 5.41) is 8.83. The fourth-order valence-corrected chi connectivity index (χ4v) is 2.39. The Morgan fingerprint density at radius 3 is 2.57 bits per heavy atom. The van der Waals surface area contributed by atoms with Crippen LogP contribution in [-0.4, -0.2) is 32.0 Å². The van der Waals surface area contributed by atoms with Gasteiger partial charge in [0, 0.05) is 24.6 Å². The Labute approximate surface area is 124 Å². The SMILES string of the molecule is COc1cc(NC(=O)C2CCNCC2)ccc1NC(C)=O. The van der Waals surface area contributed by atoms with E-state index in [-0.39, 0.29) is 17.7 Å². The van der Waals surface area contributed by atoms with E-state index in [1.54, 1.807) is 18.2 Å². The molecule has 0 radical (unpaired) electrons. The molecule has 0 bridgehead atoms. The maximum Gasteiger partial charge on any atom is 0.227 e. The van der Waals surface area contributed by atoms with E-state index >= 15 is 0 Å². The van der Waals surface area contributed by atoms with Crippen molar-refractivity contribution in [2.24, 2.45) is 5.92 Å². The molecule has 1 aliphatic rings. The van der Waals surface area contributed by atoms with Crippen molar-refractivity contribution in [2.45, 2.75) is 19.8 Å². The van der Waals surface area contributed by atoms with Crippen LogP contribution < -0.4 is 20.7 Å². The van der Waals surface area contributed by atoms with E-state index in [9.17, 15) is 9.59 Å². The smallest absolute Gasteiger partial charge is 0.227 e. The topological polar surface area (TPSA) is 79.5 Å². The zero-order valence-corrected chi connectivity index (χ0v) is 12.4. The van der Waals surface area contributed by atoms with Crippen molar-refractivity contribution in [1.82, 2.24) is 5.32 Å². The number of amides is 2. The quantitative estimate of drug-likeness (QED) is 0.787. The lowest BCUT2D eigenvalue weighted by Crippen LogP contribution is -2.34. The Hall–Kier alpha value is -2.08. The van der Waals surface area contributed by atoms with Gasteiger partial charge >= 0.3 is 0 Å². The number of hydrogen-bond acceptors (Lipinski definition) is 4. The third-order valence-corrected chi connectivity index (χ3v) is 3.49. The van der Waals surface area contributed by atoms with Crippen molar-refractivity contribution in [2.75, 3.05) is 30.8 Å². The summed E-state index contributed by atoms with van der Waals surface area (Å²) in [4.78, 5) is 23.3. The van der Waals surface area contributed by atoms with E-state index in [1.165, 1.54) is 14.0 Å². The average molecular weight is 291 g/mol. The number of ether oxygens (including phenoxy) is 1. The molecule has 1 heterocycles. The molecular weight excluding hydrogens is 270 g/mol. The number of piperidine rings is 1. The van der Waals surface area contributed by atoms with Crippen LogP contribution in [0.3, 0.4) is 0 Å². The van der Waals surface area contributed by atoms with Crippen molar-refractivity contribution in [3.05, 3.63) is 18.2 Å². The Morgan fingerprint density at radius 2 is 1.95 bits per heavy atom. The van der Waals surface area contributed by atoms with Crippen LogP contribution in [0.1, 0.15) is 19.8 Å². The summed E-state index contributed by atoms with van der Waals surface area (Å²) in [6, 6.07) is 5.19. The summed E-state index contributed by atoms with van der Waals surface area (Å²) in [5.41, 5.74) is 1.26. The molecule has 1 aliphatic heterocycles. The lowest BCUT2D eigenvalue weighted by atomic mass is 9.97. The first-order chi connectivity index (χ1) is 10.1. The van der Waals surface area contributed by atoms with Gasteiger partial charge in [-0.25, -0.2) is 0 Å². The predicted molar refractivity (Wildman–Crippen MR) is 81.5 cm³/mol. The fourth-order valence-electron chi connectivity index (χ4n) is 2.39. The molecule has 0 aliphatic carbocycles. The molecule has 0 saturated carbocycles. The second-order valence-corrected chi connectivity index (χ2v) is 5.11.